The number of rotatable bonds is 1. The van der Waals surface area contributed by atoms with Gasteiger partial charge in [0, 0.05) is 4.47 Å². The molecule has 0 radical (unpaired) electrons. The summed E-state index contributed by atoms with van der Waals surface area (Å²) in [6, 6.07) is 3.86. The van der Waals surface area contributed by atoms with Crippen LogP contribution < -0.4 is 0 Å². The van der Waals surface area contributed by atoms with Crippen molar-refractivity contribution in [3.8, 4) is 6.07 Å². The molecule has 1 nitrogen and oxygen atoms in total. The molecular weight excluding hydrogens is 269 g/mol. The molecule has 0 amide bonds. The maximum atomic E-state index is 13.7. The number of nitriles is 1. The minimum absolute atomic E-state index is 0.228. The van der Waals surface area contributed by atoms with E-state index >= 15 is 0 Å². The molecular formula is C13H13BrFN. The third-order valence-electron chi connectivity index (χ3n) is 3.62. The van der Waals surface area contributed by atoms with Gasteiger partial charge in [-0.15, -0.1) is 0 Å². The Kier molecular flexibility index (Phi) is 2.79. The van der Waals surface area contributed by atoms with E-state index in [0.29, 0.717) is 5.56 Å². The lowest BCUT2D eigenvalue weighted by Crippen LogP contribution is -2.34. The fourth-order valence-corrected chi connectivity index (χ4v) is 2.91. The van der Waals surface area contributed by atoms with Crippen LogP contribution in [0.1, 0.15) is 36.0 Å². The van der Waals surface area contributed by atoms with Crippen LogP contribution in [0.4, 0.5) is 4.39 Å². The highest BCUT2D eigenvalue weighted by Crippen LogP contribution is 2.47. The van der Waals surface area contributed by atoms with Gasteiger partial charge in [-0.1, -0.05) is 15.9 Å². The number of hydrogen-bond donors (Lipinski definition) is 0. The van der Waals surface area contributed by atoms with Crippen molar-refractivity contribution in [1.29, 1.82) is 5.26 Å². The second-order valence-electron chi connectivity index (χ2n) is 4.51. The first kappa shape index (κ1) is 11.6. The molecule has 16 heavy (non-hydrogen) atoms. The van der Waals surface area contributed by atoms with Gasteiger partial charge in [0.2, 0.25) is 0 Å². The molecule has 0 aliphatic heterocycles. The van der Waals surface area contributed by atoms with Crippen LogP contribution in [0.5, 0.6) is 0 Å². The van der Waals surface area contributed by atoms with Gasteiger partial charge in [-0.3, -0.25) is 0 Å². The first-order chi connectivity index (χ1) is 7.52. The van der Waals surface area contributed by atoms with E-state index in [1.165, 1.54) is 6.07 Å². The smallest absolute Gasteiger partial charge is 0.127 e. The molecule has 1 aromatic rings. The molecule has 0 unspecified atom stereocenters. The van der Waals surface area contributed by atoms with Crippen LogP contribution in [0.3, 0.4) is 0 Å². The van der Waals surface area contributed by atoms with E-state index in [1.54, 1.807) is 6.92 Å². The van der Waals surface area contributed by atoms with E-state index in [1.807, 2.05) is 6.92 Å². The Morgan fingerprint density at radius 1 is 1.38 bits per heavy atom. The van der Waals surface area contributed by atoms with Crippen molar-refractivity contribution >= 4 is 15.9 Å². The zero-order valence-corrected chi connectivity index (χ0v) is 11.0. The van der Waals surface area contributed by atoms with Crippen LogP contribution in [0.25, 0.3) is 0 Å². The topological polar surface area (TPSA) is 23.8 Å². The first-order valence-electron chi connectivity index (χ1n) is 5.39. The van der Waals surface area contributed by atoms with Gasteiger partial charge < -0.3 is 0 Å². The molecule has 0 spiro atoms. The van der Waals surface area contributed by atoms with Crippen LogP contribution in [-0.4, -0.2) is 0 Å². The number of nitrogens with zero attached hydrogens (tertiary/aromatic N) is 1. The van der Waals surface area contributed by atoms with Crippen molar-refractivity contribution in [2.45, 2.75) is 38.5 Å². The van der Waals surface area contributed by atoms with Gasteiger partial charge in [-0.25, -0.2) is 4.39 Å². The second-order valence-corrected chi connectivity index (χ2v) is 5.37. The van der Waals surface area contributed by atoms with Crippen LogP contribution in [0.2, 0.25) is 0 Å². The number of hydrogen-bond acceptors (Lipinski definition) is 1. The summed E-state index contributed by atoms with van der Waals surface area (Å²) in [4.78, 5) is 0. The van der Waals surface area contributed by atoms with Gasteiger partial charge in [0.15, 0.2) is 0 Å². The maximum Gasteiger partial charge on any atom is 0.127 e. The Morgan fingerprint density at radius 3 is 2.44 bits per heavy atom. The van der Waals surface area contributed by atoms with E-state index in [0.717, 1.165) is 34.9 Å². The largest absolute Gasteiger partial charge is 0.207 e. The zero-order chi connectivity index (χ0) is 11.9. The molecule has 0 atom stereocenters. The predicted molar refractivity (Wildman–Crippen MR) is 64.7 cm³/mol. The SMILES string of the molecule is Cc1c(F)cc(Br)c(C)c1C1(C#N)CCC1. The number of benzene rings is 1. The standard InChI is InChI=1S/C13H13BrFN/c1-8-10(14)6-11(15)9(2)12(8)13(7-16)4-3-5-13/h6H,3-5H2,1-2H3. The molecule has 0 bridgehead atoms. The Hall–Kier alpha value is -0.880. The number of halogens is 2. The molecule has 1 fully saturated rings. The highest BCUT2D eigenvalue weighted by Gasteiger charge is 2.42. The molecule has 0 aromatic heterocycles. The van der Waals surface area contributed by atoms with Gasteiger partial charge >= 0.3 is 0 Å². The summed E-state index contributed by atoms with van der Waals surface area (Å²) in [7, 11) is 0. The lowest BCUT2D eigenvalue weighted by molar-refractivity contribution is 0.319. The Labute approximate surface area is 103 Å². The summed E-state index contributed by atoms with van der Waals surface area (Å²) < 4.78 is 14.5. The lowest BCUT2D eigenvalue weighted by atomic mass is 9.63. The fraction of sp³-hybridized carbons (Fsp3) is 0.462. The highest BCUT2D eigenvalue weighted by atomic mass is 79.9. The van der Waals surface area contributed by atoms with Crippen molar-refractivity contribution < 1.29 is 4.39 Å². The summed E-state index contributed by atoms with van der Waals surface area (Å²) in [6.45, 7) is 3.71. The van der Waals surface area contributed by atoms with Crippen molar-refractivity contribution in [3.63, 3.8) is 0 Å². The molecule has 1 aliphatic rings. The van der Waals surface area contributed by atoms with E-state index < -0.39 is 5.41 Å². The average molecular weight is 282 g/mol. The molecule has 2 rings (SSSR count). The van der Waals surface area contributed by atoms with Crippen LogP contribution in [0.15, 0.2) is 10.5 Å². The summed E-state index contributed by atoms with van der Waals surface area (Å²) in [5.74, 6) is -0.228. The van der Waals surface area contributed by atoms with E-state index in [4.69, 9.17) is 0 Å². The molecule has 0 N–H and O–H groups in total. The van der Waals surface area contributed by atoms with Crippen LogP contribution in [0, 0.1) is 31.0 Å². The second kappa shape index (κ2) is 3.85. The Balaban J connectivity index is 2.69. The summed E-state index contributed by atoms with van der Waals surface area (Å²) in [6.07, 6.45) is 2.75. The summed E-state index contributed by atoms with van der Waals surface area (Å²) in [5.41, 5.74) is 2.08. The van der Waals surface area contributed by atoms with Crippen LogP contribution >= 0.6 is 15.9 Å². The van der Waals surface area contributed by atoms with Gasteiger partial charge in [0.1, 0.15) is 5.82 Å². The van der Waals surface area contributed by atoms with Crippen molar-refractivity contribution in [3.05, 3.63) is 33.0 Å². The first-order valence-corrected chi connectivity index (χ1v) is 6.18. The molecule has 1 saturated carbocycles. The van der Waals surface area contributed by atoms with Crippen molar-refractivity contribution in [2.75, 3.05) is 0 Å². The van der Waals surface area contributed by atoms with Gasteiger partial charge in [0.25, 0.3) is 0 Å². The van der Waals surface area contributed by atoms with Gasteiger partial charge in [0.05, 0.1) is 11.5 Å². The van der Waals surface area contributed by atoms with Crippen molar-refractivity contribution in [2.24, 2.45) is 0 Å². The molecule has 3 heteroatoms. The van der Waals surface area contributed by atoms with E-state index in [9.17, 15) is 9.65 Å². The van der Waals surface area contributed by atoms with E-state index in [2.05, 4.69) is 22.0 Å². The predicted octanol–water partition coefficient (Wildman–Crippen LogP) is 4.15. The van der Waals surface area contributed by atoms with Crippen LogP contribution in [-0.2, 0) is 5.41 Å². The van der Waals surface area contributed by atoms with Gasteiger partial charge in [-0.2, -0.15) is 5.26 Å². The lowest BCUT2D eigenvalue weighted by Gasteiger charge is -2.38. The molecule has 1 aliphatic carbocycles. The summed E-state index contributed by atoms with van der Waals surface area (Å²) in [5, 5.41) is 9.33. The maximum absolute atomic E-state index is 13.7. The fourth-order valence-electron chi connectivity index (χ4n) is 2.51. The highest BCUT2D eigenvalue weighted by molar-refractivity contribution is 9.10. The Bertz CT molecular complexity index is 457. The third-order valence-corrected chi connectivity index (χ3v) is 4.44. The minimum Gasteiger partial charge on any atom is -0.207 e. The Morgan fingerprint density at radius 2 is 2.00 bits per heavy atom. The molecule has 0 saturated heterocycles. The zero-order valence-electron chi connectivity index (χ0n) is 9.40. The van der Waals surface area contributed by atoms with Crippen molar-refractivity contribution in [1.82, 2.24) is 0 Å². The van der Waals surface area contributed by atoms with E-state index in [-0.39, 0.29) is 5.82 Å². The molecule has 84 valence electrons. The minimum atomic E-state index is -0.446. The quantitative estimate of drug-likeness (QED) is 0.759. The average Bonchev–Trinajstić information content (AvgIpc) is 2.19. The summed E-state index contributed by atoms with van der Waals surface area (Å²) >= 11 is 3.36. The molecule has 1 aromatic carbocycles. The third kappa shape index (κ3) is 1.48. The monoisotopic (exact) mass is 281 g/mol. The van der Waals surface area contributed by atoms with Gasteiger partial charge in [-0.05, 0) is 55.9 Å². The molecule has 0 heterocycles. The normalized spacial score (nSPS) is 17.7.